The third kappa shape index (κ3) is 12.3. The molecule has 0 aromatic rings. The third-order valence-electron chi connectivity index (χ3n) is 3.69. The molecular formula is C21H38NPTi. The fourth-order valence-corrected chi connectivity index (χ4v) is 7.00. The minimum atomic E-state index is -1.03. The topological polar surface area (TPSA) is 12.4 Å². The van der Waals surface area contributed by atoms with Crippen molar-refractivity contribution in [3.63, 3.8) is 0 Å². The fourth-order valence-electron chi connectivity index (χ4n) is 2.84. The van der Waals surface area contributed by atoms with Crippen LogP contribution in [0.15, 0.2) is 53.0 Å². The predicted octanol–water partition coefficient (Wildman–Crippen LogP) is 7.79. The van der Waals surface area contributed by atoms with Gasteiger partial charge >= 0.3 is 0 Å². The summed E-state index contributed by atoms with van der Waals surface area (Å²) in [6.07, 6.45) is 24.9. The van der Waals surface area contributed by atoms with Crippen molar-refractivity contribution in [2.75, 3.05) is 18.5 Å². The summed E-state index contributed by atoms with van der Waals surface area (Å²) >= 11 is 0. The Hall–Kier alpha value is -0.0957. The number of nitrogens with zero attached hydrogens (tertiary/aromatic N) is 1. The minimum absolute atomic E-state index is 0. The molecule has 1 rings (SSSR count). The van der Waals surface area contributed by atoms with Crippen LogP contribution >= 0.6 is 7.05 Å². The molecule has 0 spiro atoms. The Morgan fingerprint density at radius 1 is 1.00 bits per heavy atom. The largest absolute Gasteiger partial charge is 0.272 e. The molecular weight excluding hydrogens is 345 g/mol. The van der Waals surface area contributed by atoms with Crippen LogP contribution in [-0.4, -0.2) is 18.5 Å². The standard InChI is InChI=1S/C14H26NP.C7H12.Ti/c1-4-11-16(12-5-2,13-6-3)15-14-9-7-8-10-14;1-3-5-7-6-4-2;/h7-9H,4-6,10-13H2,1-3H3;3,5-7H,4H2,1-2H3;. The van der Waals surface area contributed by atoms with E-state index in [0.717, 1.165) is 12.8 Å². The molecule has 0 fully saturated rings. The zero-order chi connectivity index (χ0) is 17.4. The number of allylic oxidation sites excluding steroid dienone is 7. The second kappa shape index (κ2) is 17.7. The molecule has 1 nitrogen and oxygen atoms in total. The average molecular weight is 383 g/mol. The first-order chi connectivity index (χ1) is 11.2. The zero-order valence-electron chi connectivity index (χ0n) is 16.6. The Bertz CT molecular complexity index is 435. The van der Waals surface area contributed by atoms with Crippen LogP contribution in [0.4, 0.5) is 0 Å². The van der Waals surface area contributed by atoms with Gasteiger partial charge in [0, 0.05) is 33.8 Å². The smallest absolute Gasteiger partial charge is 0.0425 e. The van der Waals surface area contributed by atoms with Gasteiger partial charge in [0.2, 0.25) is 0 Å². The molecule has 0 bridgehead atoms. The molecule has 0 atom stereocenters. The Morgan fingerprint density at radius 2 is 1.58 bits per heavy atom. The summed E-state index contributed by atoms with van der Waals surface area (Å²) in [6, 6.07) is 0. The van der Waals surface area contributed by atoms with Crippen LogP contribution in [0.3, 0.4) is 0 Å². The van der Waals surface area contributed by atoms with E-state index in [2.05, 4.69) is 58.1 Å². The molecule has 0 unspecified atom stereocenters. The number of hydrogen-bond donors (Lipinski definition) is 0. The fraction of sp³-hybridized carbons (Fsp3) is 0.619. The molecule has 136 valence electrons. The summed E-state index contributed by atoms with van der Waals surface area (Å²) in [4.78, 5) is 0. The number of hydrogen-bond acceptors (Lipinski definition) is 1. The van der Waals surface area contributed by atoms with Crippen LogP contribution in [-0.2, 0) is 21.7 Å². The van der Waals surface area contributed by atoms with Crippen LogP contribution in [0.2, 0.25) is 0 Å². The zero-order valence-corrected chi connectivity index (χ0v) is 19.0. The van der Waals surface area contributed by atoms with Crippen molar-refractivity contribution in [3.8, 4) is 0 Å². The van der Waals surface area contributed by atoms with E-state index in [9.17, 15) is 0 Å². The molecule has 0 radical (unpaired) electrons. The maximum Gasteiger partial charge on any atom is 0.0425 e. The van der Waals surface area contributed by atoms with Crippen molar-refractivity contribution in [2.45, 2.75) is 66.7 Å². The van der Waals surface area contributed by atoms with Gasteiger partial charge in [0.05, 0.1) is 0 Å². The summed E-state index contributed by atoms with van der Waals surface area (Å²) in [7, 11) is -1.03. The molecule has 0 amide bonds. The first kappa shape index (κ1) is 26.1. The van der Waals surface area contributed by atoms with Gasteiger partial charge in [-0.1, -0.05) is 83.4 Å². The molecule has 0 heterocycles. The Labute approximate surface area is 166 Å². The molecule has 0 aliphatic heterocycles. The van der Waals surface area contributed by atoms with Crippen LogP contribution in [0.1, 0.15) is 66.7 Å². The molecule has 0 saturated heterocycles. The van der Waals surface area contributed by atoms with Gasteiger partial charge in [-0.3, -0.25) is 4.74 Å². The summed E-state index contributed by atoms with van der Waals surface area (Å²) < 4.78 is 5.19. The molecule has 1 aliphatic carbocycles. The van der Waals surface area contributed by atoms with Crippen molar-refractivity contribution < 1.29 is 21.7 Å². The van der Waals surface area contributed by atoms with E-state index < -0.39 is 7.05 Å². The van der Waals surface area contributed by atoms with Crippen LogP contribution in [0.25, 0.3) is 0 Å². The molecule has 0 saturated carbocycles. The molecule has 0 N–H and O–H groups in total. The predicted molar refractivity (Wildman–Crippen MR) is 111 cm³/mol. The van der Waals surface area contributed by atoms with Gasteiger partial charge in [0.1, 0.15) is 0 Å². The second-order valence-corrected chi connectivity index (χ2v) is 9.75. The maximum absolute atomic E-state index is 5.19. The van der Waals surface area contributed by atoms with Gasteiger partial charge in [-0.2, -0.15) is 0 Å². The van der Waals surface area contributed by atoms with E-state index in [-0.39, 0.29) is 21.7 Å². The van der Waals surface area contributed by atoms with E-state index in [1.807, 2.05) is 19.1 Å². The van der Waals surface area contributed by atoms with Gasteiger partial charge in [-0.05, 0) is 45.0 Å². The van der Waals surface area contributed by atoms with E-state index >= 15 is 0 Å². The second-order valence-electron chi connectivity index (χ2n) is 6.02. The molecule has 0 aromatic carbocycles. The van der Waals surface area contributed by atoms with E-state index in [1.54, 1.807) is 0 Å². The maximum atomic E-state index is 5.19. The molecule has 0 aromatic heterocycles. The number of rotatable bonds is 9. The molecule has 1 aliphatic rings. The Balaban J connectivity index is 0. The monoisotopic (exact) mass is 383 g/mol. The van der Waals surface area contributed by atoms with Crippen LogP contribution < -0.4 is 0 Å². The quantitative estimate of drug-likeness (QED) is 0.219. The van der Waals surface area contributed by atoms with Gasteiger partial charge < -0.3 is 0 Å². The van der Waals surface area contributed by atoms with Crippen LogP contribution in [0.5, 0.6) is 0 Å². The van der Waals surface area contributed by atoms with Crippen molar-refractivity contribution in [1.82, 2.24) is 0 Å². The molecule has 3 heteroatoms. The Kier molecular flexibility index (Phi) is 19.3. The van der Waals surface area contributed by atoms with Crippen molar-refractivity contribution >= 4 is 7.05 Å². The van der Waals surface area contributed by atoms with Gasteiger partial charge in [-0.25, -0.2) is 0 Å². The first-order valence-electron chi connectivity index (χ1n) is 9.40. The van der Waals surface area contributed by atoms with E-state index in [0.29, 0.717) is 0 Å². The van der Waals surface area contributed by atoms with Crippen LogP contribution in [0, 0.1) is 0 Å². The van der Waals surface area contributed by atoms with Crippen molar-refractivity contribution in [1.29, 1.82) is 0 Å². The molecule has 24 heavy (non-hydrogen) atoms. The van der Waals surface area contributed by atoms with E-state index in [1.165, 1.54) is 43.4 Å². The first-order valence-corrected chi connectivity index (χ1v) is 11.7. The van der Waals surface area contributed by atoms with Crippen molar-refractivity contribution in [3.05, 3.63) is 48.2 Å². The summed E-state index contributed by atoms with van der Waals surface area (Å²) in [5.41, 5.74) is 1.34. The van der Waals surface area contributed by atoms with E-state index in [4.69, 9.17) is 4.74 Å². The summed E-state index contributed by atoms with van der Waals surface area (Å²) in [5.74, 6) is 0. The SMILES string of the molecule is CC=CC=CCC.CCCP(CCC)(CCC)=NC1=CC=CC1.[Ti]. The normalized spacial score (nSPS) is 13.6. The van der Waals surface area contributed by atoms with Gasteiger partial charge in [-0.15, -0.1) is 0 Å². The van der Waals surface area contributed by atoms with Gasteiger partial charge in [0.25, 0.3) is 0 Å². The third-order valence-corrected chi connectivity index (χ3v) is 8.21. The minimum Gasteiger partial charge on any atom is -0.272 e. The van der Waals surface area contributed by atoms with Crippen molar-refractivity contribution in [2.24, 2.45) is 4.74 Å². The Morgan fingerprint density at radius 3 is 1.96 bits per heavy atom. The summed E-state index contributed by atoms with van der Waals surface area (Å²) in [5, 5.41) is 0. The summed E-state index contributed by atoms with van der Waals surface area (Å²) in [6.45, 7) is 11.0. The van der Waals surface area contributed by atoms with Gasteiger partial charge in [0.15, 0.2) is 0 Å². The average Bonchev–Trinajstić information content (AvgIpc) is 3.02.